The zero-order valence-electron chi connectivity index (χ0n) is 24.8. The van der Waals surface area contributed by atoms with Gasteiger partial charge in [-0.25, -0.2) is 18.6 Å². The van der Waals surface area contributed by atoms with Crippen molar-refractivity contribution in [3.8, 4) is 17.6 Å². The lowest BCUT2D eigenvalue weighted by Gasteiger charge is -2.37. The summed E-state index contributed by atoms with van der Waals surface area (Å²) in [5, 5.41) is 10.1. The van der Waals surface area contributed by atoms with Crippen LogP contribution >= 0.6 is 0 Å². The first-order chi connectivity index (χ1) is 20.6. The molecule has 0 unspecified atom stereocenters. The maximum Gasteiger partial charge on any atom is 0.329 e. The maximum absolute atomic E-state index is 15.6. The normalized spacial score (nSPS) is 13.3. The number of aromatic nitrogens is 2. The fraction of sp³-hybridized carbons (Fsp3) is 0.323. The number of hydrogen-bond acceptors (Lipinski definition) is 6. The number of ether oxygens (including phenoxy) is 3. The molecule has 1 aliphatic heterocycles. The van der Waals surface area contributed by atoms with Crippen molar-refractivity contribution in [3.63, 3.8) is 0 Å². The second kappa shape index (κ2) is 12.0. The van der Waals surface area contributed by atoms with Gasteiger partial charge < -0.3 is 18.8 Å². The molecule has 224 valence electrons. The van der Waals surface area contributed by atoms with Gasteiger partial charge in [-0.1, -0.05) is 31.8 Å². The number of anilines is 2. The van der Waals surface area contributed by atoms with Gasteiger partial charge >= 0.3 is 6.03 Å². The number of carbonyl (C=O) groups is 1. The number of nitrogens with zero attached hydrogens (tertiary/aromatic N) is 5. The second-order valence-corrected chi connectivity index (χ2v) is 17.1. The van der Waals surface area contributed by atoms with Gasteiger partial charge in [0.25, 0.3) is 0 Å². The van der Waals surface area contributed by atoms with Gasteiger partial charge in [0.1, 0.15) is 18.1 Å². The molecule has 0 fully saturated rings. The largest absolute Gasteiger partial charge is 0.493 e. The number of carbonyl (C=O) groups excluding carboxylic acids is 1. The minimum Gasteiger partial charge on any atom is -0.493 e. The van der Waals surface area contributed by atoms with E-state index in [0.29, 0.717) is 46.7 Å². The summed E-state index contributed by atoms with van der Waals surface area (Å²) in [5.74, 6) is -2.58. The molecule has 0 spiro atoms. The van der Waals surface area contributed by atoms with Crippen molar-refractivity contribution in [2.24, 2.45) is 0 Å². The zero-order chi connectivity index (χ0) is 30.9. The molecule has 0 radical (unpaired) electrons. The third kappa shape index (κ3) is 5.91. The van der Waals surface area contributed by atoms with E-state index in [4.69, 9.17) is 14.2 Å². The topological polar surface area (TPSA) is 92.8 Å². The van der Waals surface area contributed by atoms with Crippen molar-refractivity contribution < 1.29 is 27.8 Å². The fourth-order valence-corrected chi connectivity index (χ4v) is 5.83. The molecule has 4 aromatic rings. The molecule has 1 aliphatic rings. The maximum atomic E-state index is 15.6. The summed E-state index contributed by atoms with van der Waals surface area (Å²) in [6, 6.07) is 12.3. The van der Waals surface area contributed by atoms with E-state index in [1.807, 2.05) is 16.8 Å². The van der Waals surface area contributed by atoms with Crippen LogP contribution in [0.2, 0.25) is 25.7 Å². The molecule has 2 aromatic heterocycles. The molecule has 0 N–H and O–H groups in total. The summed E-state index contributed by atoms with van der Waals surface area (Å²) in [6.45, 7) is 7.69. The van der Waals surface area contributed by atoms with Crippen molar-refractivity contribution in [2.45, 2.75) is 45.5 Å². The predicted octanol–water partition coefficient (Wildman–Crippen LogP) is 6.66. The Balaban J connectivity index is 1.61. The zero-order valence-corrected chi connectivity index (χ0v) is 25.8. The third-order valence-electron chi connectivity index (χ3n) is 7.34. The number of nitriles is 1. The minimum atomic E-state index is -1.26. The first-order valence-electron chi connectivity index (χ1n) is 13.8. The van der Waals surface area contributed by atoms with Crippen LogP contribution < -0.4 is 19.3 Å². The SMILES string of the molecule is COc1cc(OC)c(F)c(N2Cc3cnc4c(ccn4COCC[Si](C)(C)C)c3N(Cc3cccc(C#N)c3)C2=O)c1F. The van der Waals surface area contributed by atoms with Gasteiger partial charge in [0.15, 0.2) is 23.1 Å². The Morgan fingerprint density at radius 3 is 2.42 bits per heavy atom. The van der Waals surface area contributed by atoms with Crippen LogP contribution in [0.25, 0.3) is 11.0 Å². The highest BCUT2D eigenvalue weighted by atomic mass is 28.3. The van der Waals surface area contributed by atoms with E-state index in [1.54, 1.807) is 30.5 Å². The van der Waals surface area contributed by atoms with Crippen LogP contribution in [-0.4, -0.2) is 44.5 Å². The summed E-state index contributed by atoms with van der Waals surface area (Å²) in [4.78, 5) is 21.4. The van der Waals surface area contributed by atoms with E-state index >= 15 is 8.78 Å². The van der Waals surface area contributed by atoms with E-state index in [0.717, 1.165) is 17.0 Å². The van der Waals surface area contributed by atoms with Gasteiger partial charge in [-0.3, -0.25) is 9.80 Å². The Morgan fingerprint density at radius 1 is 1.05 bits per heavy atom. The van der Waals surface area contributed by atoms with E-state index in [1.165, 1.54) is 19.1 Å². The smallest absolute Gasteiger partial charge is 0.329 e. The van der Waals surface area contributed by atoms with Crippen LogP contribution in [0, 0.1) is 23.0 Å². The average Bonchev–Trinajstić information content (AvgIpc) is 3.40. The standard InChI is InChI=1S/C31H33F2N5O4Si/c1-40-24-14-25(41-2)27(33)29(26(24)32)38-18-22-16-35-30-23(9-10-36(30)19-42-11-12-43(3,4)5)28(22)37(31(38)39)17-21-8-6-7-20(13-21)15-34/h6-10,13-14,16H,11-12,17-19H2,1-5H3. The Morgan fingerprint density at radius 2 is 1.77 bits per heavy atom. The first-order valence-corrected chi connectivity index (χ1v) is 17.5. The van der Waals surface area contributed by atoms with Crippen molar-refractivity contribution >= 4 is 36.5 Å². The summed E-state index contributed by atoms with van der Waals surface area (Å²) >= 11 is 0. The molecule has 0 saturated heterocycles. The van der Waals surface area contributed by atoms with Crippen molar-refractivity contribution in [2.75, 3.05) is 30.6 Å². The van der Waals surface area contributed by atoms with Crippen LogP contribution in [0.4, 0.5) is 25.0 Å². The molecule has 9 nitrogen and oxygen atoms in total. The fourth-order valence-electron chi connectivity index (χ4n) is 5.08. The Kier molecular flexibility index (Phi) is 8.39. The van der Waals surface area contributed by atoms with E-state index in [-0.39, 0.29) is 24.6 Å². The molecule has 0 aliphatic carbocycles. The number of hydrogen-bond donors (Lipinski definition) is 0. The second-order valence-electron chi connectivity index (χ2n) is 11.5. The molecular weight excluding hydrogens is 572 g/mol. The minimum absolute atomic E-state index is 0.0409. The van der Waals surface area contributed by atoms with E-state index in [2.05, 4.69) is 30.7 Å². The lowest BCUT2D eigenvalue weighted by molar-refractivity contribution is 0.0899. The monoisotopic (exact) mass is 605 g/mol. The number of methoxy groups -OCH3 is 2. The molecule has 0 atom stereocenters. The molecule has 5 rings (SSSR count). The molecule has 0 saturated carbocycles. The van der Waals surface area contributed by atoms with Gasteiger partial charge in [0, 0.05) is 44.1 Å². The van der Waals surface area contributed by atoms with Crippen molar-refractivity contribution in [1.82, 2.24) is 9.55 Å². The summed E-state index contributed by atoms with van der Waals surface area (Å²) in [7, 11) is 1.25. The molecule has 2 amide bonds. The number of rotatable bonds is 10. The van der Waals surface area contributed by atoms with Crippen LogP contribution in [0.15, 0.2) is 48.8 Å². The molecular formula is C31H33F2N5O4Si. The Bertz CT molecular complexity index is 1700. The third-order valence-corrected chi connectivity index (χ3v) is 9.04. The number of pyridine rings is 1. The highest BCUT2D eigenvalue weighted by Crippen LogP contribution is 2.43. The Hall–Kier alpha value is -4.47. The van der Waals surface area contributed by atoms with Crippen LogP contribution in [0.3, 0.4) is 0 Å². The highest BCUT2D eigenvalue weighted by molar-refractivity contribution is 6.76. The number of amides is 2. The van der Waals surface area contributed by atoms with Crippen molar-refractivity contribution in [1.29, 1.82) is 5.26 Å². The predicted molar refractivity (Wildman–Crippen MR) is 162 cm³/mol. The molecule has 3 heterocycles. The summed E-state index contributed by atoms with van der Waals surface area (Å²) in [5.41, 5.74) is 2.28. The molecule has 0 bridgehead atoms. The van der Waals surface area contributed by atoms with Gasteiger partial charge in [-0.05, 0) is 29.8 Å². The van der Waals surface area contributed by atoms with Crippen LogP contribution in [-0.2, 0) is 24.6 Å². The van der Waals surface area contributed by atoms with E-state index in [9.17, 15) is 10.1 Å². The number of fused-ring (bicyclic) bond motifs is 3. The average molecular weight is 606 g/mol. The Labute approximate surface area is 249 Å². The van der Waals surface area contributed by atoms with Gasteiger partial charge in [0.05, 0.1) is 44.6 Å². The lowest BCUT2D eigenvalue weighted by Crippen LogP contribution is -2.48. The summed E-state index contributed by atoms with van der Waals surface area (Å²) < 4.78 is 49.3. The molecule has 12 heteroatoms. The number of benzene rings is 2. The van der Waals surface area contributed by atoms with Crippen LogP contribution in [0.1, 0.15) is 16.7 Å². The first kappa shape index (κ1) is 30.0. The number of urea groups is 1. The lowest BCUT2D eigenvalue weighted by atomic mass is 10.1. The van der Waals surface area contributed by atoms with Gasteiger partial charge in [0.2, 0.25) is 0 Å². The van der Waals surface area contributed by atoms with E-state index < -0.39 is 31.4 Å². The molecule has 2 aromatic carbocycles. The van der Waals surface area contributed by atoms with Gasteiger partial charge in [-0.15, -0.1) is 0 Å². The highest BCUT2D eigenvalue weighted by Gasteiger charge is 2.38. The quantitative estimate of drug-likeness (QED) is 0.148. The summed E-state index contributed by atoms with van der Waals surface area (Å²) in [6.07, 6.45) is 3.46. The van der Waals surface area contributed by atoms with Crippen LogP contribution in [0.5, 0.6) is 11.5 Å². The number of halogens is 2. The van der Waals surface area contributed by atoms with Gasteiger partial charge in [-0.2, -0.15) is 5.26 Å². The molecule has 43 heavy (non-hydrogen) atoms. The van der Waals surface area contributed by atoms with Crippen molar-refractivity contribution in [3.05, 3.63) is 77.1 Å².